The monoisotopic (exact) mass is 234 g/mol. The van der Waals surface area contributed by atoms with E-state index in [9.17, 15) is 0 Å². The van der Waals surface area contributed by atoms with Gasteiger partial charge in [0.1, 0.15) is 0 Å². The zero-order valence-electron chi connectivity index (χ0n) is 10.5. The lowest BCUT2D eigenvalue weighted by atomic mass is 9.70. The largest absolute Gasteiger partial charge is 0.283 e. The van der Waals surface area contributed by atoms with E-state index in [-0.39, 0.29) is 5.41 Å². The minimum Gasteiger partial charge on any atom is -0.243 e. The Labute approximate surface area is 100 Å². The Morgan fingerprint density at radius 2 is 2.24 bits per heavy atom. The molecule has 0 aliphatic heterocycles. The van der Waals surface area contributed by atoms with E-state index in [2.05, 4.69) is 51.9 Å². The van der Waals surface area contributed by atoms with Crippen LogP contribution in [0.15, 0.2) is 5.10 Å². The van der Waals surface area contributed by atoms with Gasteiger partial charge in [-0.2, -0.15) is 10.3 Å². The van der Waals surface area contributed by atoms with Gasteiger partial charge in [0.2, 0.25) is 0 Å². The third-order valence-corrected chi connectivity index (χ3v) is 5.15. The lowest BCUT2D eigenvalue weighted by Crippen LogP contribution is -2.32. The van der Waals surface area contributed by atoms with Crippen LogP contribution in [0.25, 0.3) is 0 Å². The van der Waals surface area contributed by atoms with Gasteiger partial charge in [-0.05, 0) is 35.8 Å². The van der Waals surface area contributed by atoms with Gasteiger partial charge < -0.3 is 0 Å². The summed E-state index contributed by atoms with van der Waals surface area (Å²) in [5.41, 5.74) is 4.71. The summed E-state index contributed by atoms with van der Waals surface area (Å²) < 4.78 is 0. The molecule has 1 aromatic rings. The van der Waals surface area contributed by atoms with Crippen LogP contribution in [0.3, 0.4) is 0 Å². The van der Waals surface area contributed by atoms with Gasteiger partial charge in [-0.25, -0.2) is 5.43 Å². The molecule has 0 aromatic carbocycles. The molecule has 2 fully saturated rings. The number of aromatic nitrogens is 4. The number of H-pyrrole nitrogens is 1. The molecular formula is C11H18N6. The highest BCUT2D eigenvalue weighted by Crippen LogP contribution is 2.63. The predicted molar refractivity (Wildman–Crippen MR) is 64.5 cm³/mol. The van der Waals surface area contributed by atoms with Crippen LogP contribution in [0.1, 0.15) is 40.0 Å². The molecule has 2 aliphatic rings. The summed E-state index contributed by atoms with van der Waals surface area (Å²) in [5, 5.41) is 18.1. The second-order valence-electron chi connectivity index (χ2n) is 5.90. The minimum absolute atomic E-state index is 0.217. The van der Waals surface area contributed by atoms with Gasteiger partial charge in [-0.1, -0.05) is 25.9 Å². The quantitative estimate of drug-likeness (QED) is 0.765. The first kappa shape index (κ1) is 10.7. The fourth-order valence-corrected chi connectivity index (χ4v) is 3.42. The van der Waals surface area contributed by atoms with Crippen molar-refractivity contribution in [3.05, 3.63) is 0 Å². The van der Waals surface area contributed by atoms with E-state index in [1.54, 1.807) is 0 Å². The first-order valence-corrected chi connectivity index (χ1v) is 6.10. The number of hydrogen-bond donors (Lipinski definition) is 2. The molecule has 2 N–H and O–H groups in total. The fraction of sp³-hybridized carbons (Fsp3) is 0.818. The zero-order chi connectivity index (χ0) is 12.1. The number of aromatic amines is 1. The minimum atomic E-state index is 0.217. The van der Waals surface area contributed by atoms with Crippen molar-refractivity contribution in [3.63, 3.8) is 0 Å². The Morgan fingerprint density at radius 1 is 1.41 bits per heavy atom. The van der Waals surface area contributed by atoms with Crippen LogP contribution in [-0.4, -0.2) is 26.3 Å². The highest BCUT2D eigenvalue weighted by atomic mass is 15.5. The van der Waals surface area contributed by atoms with E-state index in [0.717, 1.165) is 12.3 Å². The molecule has 1 aromatic heterocycles. The van der Waals surface area contributed by atoms with Crippen molar-refractivity contribution in [1.82, 2.24) is 20.6 Å². The lowest BCUT2D eigenvalue weighted by Gasteiger charge is -2.34. The van der Waals surface area contributed by atoms with Gasteiger partial charge in [-0.3, -0.25) is 0 Å². The van der Waals surface area contributed by atoms with Gasteiger partial charge in [0, 0.05) is 11.1 Å². The fourth-order valence-electron chi connectivity index (χ4n) is 3.42. The third-order valence-electron chi connectivity index (χ3n) is 5.15. The first-order valence-electron chi connectivity index (χ1n) is 6.10. The molecule has 0 saturated heterocycles. The van der Waals surface area contributed by atoms with E-state index < -0.39 is 0 Å². The van der Waals surface area contributed by atoms with Crippen molar-refractivity contribution in [3.8, 4) is 0 Å². The second-order valence-corrected chi connectivity index (χ2v) is 5.90. The molecule has 6 heteroatoms. The molecule has 0 spiro atoms. The van der Waals surface area contributed by atoms with Crippen LogP contribution in [0.5, 0.6) is 0 Å². The molecule has 3 rings (SSSR count). The molecule has 2 unspecified atom stereocenters. The van der Waals surface area contributed by atoms with E-state index in [1.807, 2.05) is 0 Å². The normalized spacial score (nSPS) is 36.6. The molecule has 2 atom stereocenters. The zero-order valence-corrected chi connectivity index (χ0v) is 10.5. The van der Waals surface area contributed by atoms with Crippen molar-refractivity contribution in [2.24, 2.45) is 21.8 Å². The van der Waals surface area contributed by atoms with E-state index in [0.29, 0.717) is 11.4 Å². The first-order chi connectivity index (χ1) is 8.04. The molecule has 0 radical (unpaired) electrons. The van der Waals surface area contributed by atoms with Gasteiger partial charge in [0.15, 0.2) is 0 Å². The number of rotatable bonds is 2. The van der Waals surface area contributed by atoms with E-state index in [4.69, 9.17) is 0 Å². The van der Waals surface area contributed by atoms with Crippen LogP contribution in [-0.2, 0) is 0 Å². The van der Waals surface area contributed by atoms with Gasteiger partial charge in [0.25, 0.3) is 5.95 Å². The van der Waals surface area contributed by atoms with Crippen molar-refractivity contribution in [1.29, 1.82) is 0 Å². The second kappa shape index (κ2) is 3.27. The highest BCUT2D eigenvalue weighted by molar-refractivity contribution is 5.94. The van der Waals surface area contributed by atoms with Gasteiger partial charge >= 0.3 is 0 Å². The summed E-state index contributed by atoms with van der Waals surface area (Å²) in [6.45, 7) is 7.06. The highest BCUT2D eigenvalue weighted by Gasteiger charge is 2.59. The average molecular weight is 234 g/mol. The summed E-state index contributed by atoms with van der Waals surface area (Å²) >= 11 is 0. The summed E-state index contributed by atoms with van der Waals surface area (Å²) in [6, 6.07) is 0. The number of tetrazole rings is 1. The van der Waals surface area contributed by atoms with Crippen molar-refractivity contribution in [2.45, 2.75) is 40.0 Å². The topological polar surface area (TPSA) is 78.9 Å². The molecule has 2 bridgehead atoms. The standard InChI is InChI=1S/C11H18N6/c1-10(2)7-4-5-11(10,3)8(6-7)12-13-9-14-16-17-15-9/h7H,4-6H2,1-3H3,(H2,13,14,15,16,17)/b12-8-. The third kappa shape index (κ3) is 1.33. The smallest absolute Gasteiger partial charge is 0.243 e. The van der Waals surface area contributed by atoms with Crippen molar-refractivity contribution in [2.75, 3.05) is 5.43 Å². The number of fused-ring (bicyclic) bond motifs is 2. The Balaban J connectivity index is 1.84. The Morgan fingerprint density at radius 3 is 2.76 bits per heavy atom. The predicted octanol–water partition coefficient (Wildman–Crippen LogP) is 1.81. The number of hydrazone groups is 1. The van der Waals surface area contributed by atoms with Crippen LogP contribution in [0.2, 0.25) is 0 Å². The van der Waals surface area contributed by atoms with E-state index >= 15 is 0 Å². The Hall–Kier alpha value is -1.46. The van der Waals surface area contributed by atoms with E-state index in [1.165, 1.54) is 18.6 Å². The maximum atomic E-state index is 4.50. The van der Waals surface area contributed by atoms with Gasteiger partial charge in [0.05, 0.1) is 0 Å². The molecule has 2 saturated carbocycles. The Kier molecular flexibility index (Phi) is 2.06. The molecule has 2 aliphatic carbocycles. The van der Waals surface area contributed by atoms with Crippen LogP contribution >= 0.6 is 0 Å². The summed E-state index contributed by atoms with van der Waals surface area (Å²) in [7, 11) is 0. The molecule has 0 amide bonds. The van der Waals surface area contributed by atoms with Crippen molar-refractivity contribution < 1.29 is 0 Å². The maximum absolute atomic E-state index is 4.50. The average Bonchev–Trinajstić information content (AvgIpc) is 2.91. The SMILES string of the molecule is CC12CCC(C/C1=N/Nc1nn[nH]n1)C2(C)C. The number of nitrogens with one attached hydrogen (secondary N) is 2. The molecule has 92 valence electrons. The molecule has 17 heavy (non-hydrogen) atoms. The van der Waals surface area contributed by atoms with Crippen LogP contribution in [0.4, 0.5) is 5.95 Å². The molecule has 1 heterocycles. The summed E-state index contributed by atoms with van der Waals surface area (Å²) in [6.07, 6.45) is 3.65. The van der Waals surface area contributed by atoms with Crippen molar-refractivity contribution >= 4 is 11.7 Å². The number of hydrogen-bond acceptors (Lipinski definition) is 5. The molecule has 6 nitrogen and oxygen atoms in total. The number of anilines is 1. The lowest BCUT2D eigenvalue weighted by molar-refractivity contribution is 0.194. The molecular weight excluding hydrogens is 216 g/mol. The maximum Gasteiger partial charge on any atom is 0.283 e. The van der Waals surface area contributed by atoms with Crippen LogP contribution < -0.4 is 5.43 Å². The number of nitrogens with zero attached hydrogens (tertiary/aromatic N) is 4. The van der Waals surface area contributed by atoms with Crippen LogP contribution in [0, 0.1) is 16.7 Å². The van der Waals surface area contributed by atoms with Gasteiger partial charge in [-0.15, -0.1) is 5.10 Å². The Bertz CT molecular complexity index is 449. The summed E-state index contributed by atoms with van der Waals surface area (Å²) in [5.74, 6) is 1.19. The summed E-state index contributed by atoms with van der Waals surface area (Å²) in [4.78, 5) is 0.